The molecule has 0 saturated heterocycles. The van der Waals surface area contributed by atoms with Crippen LogP contribution in [0, 0.1) is 5.92 Å². The summed E-state index contributed by atoms with van der Waals surface area (Å²) in [7, 11) is 0. The zero-order valence-corrected chi connectivity index (χ0v) is 22.4. The Kier molecular flexibility index (Phi) is 24.2. The molecule has 0 rings (SSSR count). The van der Waals surface area contributed by atoms with Crippen LogP contribution in [-0.4, -0.2) is 12.6 Å². The highest BCUT2D eigenvalue weighted by Crippen LogP contribution is 2.20. The molecule has 1 unspecified atom stereocenters. The van der Waals surface area contributed by atoms with Gasteiger partial charge < -0.3 is 4.74 Å². The molecule has 2 heteroatoms. The van der Waals surface area contributed by atoms with Crippen molar-refractivity contribution in [2.24, 2.45) is 5.92 Å². The minimum atomic E-state index is -0.222. The van der Waals surface area contributed by atoms with Gasteiger partial charge in [-0.3, -0.25) is 0 Å². The van der Waals surface area contributed by atoms with Crippen LogP contribution in [0.25, 0.3) is 0 Å². The third kappa shape index (κ3) is 22.4. The van der Waals surface area contributed by atoms with Gasteiger partial charge in [-0.2, -0.15) is 0 Å². The Morgan fingerprint density at radius 2 is 0.906 bits per heavy atom. The molecule has 0 radical (unpaired) electrons. The fourth-order valence-electron chi connectivity index (χ4n) is 4.47. The lowest BCUT2D eigenvalue weighted by molar-refractivity contribution is -0.140. The van der Waals surface area contributed by atoms with Crippen molar-refractivity contribution in [3.05, 3.63) is 12.2 Å². The maximum Gasteiger partial charge on any atom is 0.333 e. The molecule has 0 aromatic rings. The summed E-state index contributed by atoms with van der Waals surface area (Å²) in [5, 5.41) is 0. The molecule has 2 nitrogen and oxygen atoms in total. The standard InChI is InChI=1S/C30H58O2/c1-5-7-9-11-13-15-16-17-18-20-22-24-26-29(27-32-30(31)28(3)4)25-23-21-19-14-12-10-8-6-2/h29H,3,5-27H2,1-2,4H3. The summed E-state index contributed by atoms with van der Waals surface area (Å²) in [6, 6.07) is 0. The number of esters is 1. The van der Waals surface area contributed by atoms with Crippen LogP contribution in [0.2, 0.25) is 0 Å². The van der Waals surface area contributed by atoms with Gasteiger partial charge in [0, 0.05) is 5.57 Å². The SMILES string of the molecule is C=C(C)C(=O)OCC(CCCCCCCCCC)CCCCCCCCCCCCCC. The van der Waals surface area contributed by atoms with Crippen molar-refractivity contribution < 1.29 is 9.53 Å². The first-order chi connectivity index (χ1) is 15.6. The molecule has 0 spiro atoms. The van der Waals surface area contributed by atoms with Gasteiger partial charge in [0.2, 0.25) is 0 Å². The van der Waals surface area contributed by atoms with E-state index in [1.165, 1.54) is 141 Å². The molecule has 190 valence electrons. The zero-order valence-electron chi connectivity index (χ0n) is 22.4. The number of rotatable bonds is 25. The molecule has 0 saturated carbocycles. The Morgan fingerprint density at radius 1 is 0.594 bits per heavy atom. The van der Waals surface area contributed by atoms with Crippen molar-refractivity contribution >= 4 is 5.97 Å². The quantitative estimate of drug-likeness (QED) is 0.0785. The van der Waals surface area contributed by atoms with Gasteiger partial charge >= 0.3 is 5.97 Å². The average Bonchev–Trinajstić information content (AvgIpc) is 2.78. The van der Waals surface area contributed by atoms with Gasteiger partial charge in [-0.25, -0.2) is 4.79 Å². The molecule has 0 aliphatic carbocycles. The Balaban J connectivity index is 3.83. The van der Waals surface area contributed by atoms with Crippen LogP contribution in [0.15, 0.2) is 12.2 Å². The fourth-order valence-corrected chi connectivity index (χ4v) is 4.47. The number of hydrogen-bond donors (Lipinski definition) is 0. The number of hydrogen-bond acceptors (Lipinski definition) is 2. The Morgan fingerprint density at radius 3 is 1.22 bits per heavy atom. The van der Waals surface area contributed by atoms with E-state index in [1.807, 2.05) is 0 Å². The normalized spacial score (nSPS) is 12.1. The summed E-state index contributed by atoms with van der Waals surface area (Å²) in [6.45, 7) is 10.6. The maximum absolute atomic E-state index is 11.8. The molecule has 0 aromatic carbocycles. The second kappa shape index (κ2) is 24.8. The molecule has 0 bridgehead atoms. The van der Waals surface area contributed by atoms with Crippen molar-refractivity contribution in [3.63, 3.8) is 0 Å². The van der Waals surface area contributed by atoms with E-state index < -0.39 is 0 Å². The Labute approximate surface area is 202 Å². The second-order valence-electron chi connectivity index (χ2n) is 10.2. The fraction of sp³-hybridized carbons (Fsp3) is 0.900. The number of carbonyl (C=O) groups is 1. The van der Waals surface area contributed by atoms with Crippen molar-refractivity contribution in [1.29, 1.82) is 0 Å². The summed E-state index contributed by atoms with van der Waals surface area (Å²) in [6.07, 6.45) is 29.9. The predicted octanol–water partition coefficient (Wildman–Crippen LogP) is 10.3. The monoisotopic (exact) mass is 450 g/mol. The summed E-state index contributed by atoms with van der Waals surface area (Å²) < 4.78 is 5.51. The van der Waals surface area contributed by atoms with Crippen LogP contribution < -0.4 is 0 Å². The lowest BCUT2D eigenvalue weighted by atomic mass is 9.94. The van der Waals surface area contributed by atoms with Crippen LogP contribution in [0.3, 0.4) is 0 Å². The number of carbonyl (C=O) groups excluding carboxylic acids is 1. The largest absolute Gasteiger partial charge is 0.462 e. The van der Waals surface area contributed by atoms with E-state index >= 15 is 0 Å². The van der Waals surface area contributed by atoms with Crippen LogP contribution in [0.4, 0.5) is 0 Å². The third-order valence-electron chi connectivity index (χ3n) is 6.73. The average molecular weight is 451 g/mol. The summed E-state index contributed by atoms with van der Waals surface area (Å²) >= 11 is 0. The molecule has 0 heterocycles. The maximum atomic E-state index is 11.8. The molecule has 0 aliphatic rings. The van der Waals surface area contributed by atoms with Gasteiger partial charge in [-0.05, 0) is 25.7 Å². The zero-order chi connectivity index (χ0) is 23.7. The summed E-state index contributed by atoms with van der Waals surface area (Å²) in [5.41, 5.74) is 0.515. The molecule has 0 fully saturated rings. The minimum Gasteiger partial charge on any atom is -0.462 e. The molecular formula is C30H58O2. The molecule has 0 aliphatic heterocycles. The van der Waals surface area contributed by atoms with Gasteiger partial charge in [0.25, 0.3) is 0 Å². The van der Waals surface area contributed by atoms with Crippen LogP contribution in [-0.2, 0) is 9.53 Å². The molecular weight excluding hydrogens is 392 g/mol. The molecule has 32 heavy (non-hydrogen) atoms. The van der Waals surface area contributed by atoms with E-state index in [0.29, 0.717) is 18.1 Å². The third-order valence-corrected chi connectivity index (χ3v) is 6.73. The first-order valence-corrected chi connectivity index (χ1v) is 14.4. The highest BCUT2D eigenvalue weighted by molar-refractivity contribution is 5.86. The van der Waals surface area contributed by atoms with E-state index in [2.05, 4.69) is 20.4 Å². The number of unbranched alkanes of at least 4 members (excludes halogenated alkanes) is 18. The summed E-state index contributed by atoms with van der Waals surface area (Å²) in [4.78, 5) is 11.8. The van der Waals surface area contributed by atoms with Gasteiger partial charge in [-0.1, -0.05) is 149 Å². The molecule has 0 aromatic heterocycles. The van der Waals surface area contributed by atoms with E-state index in [0.717, 1.165) is 0 Å². The predicted molar refractivity (Wildman–Crippen MR) is 142 cm³/mol. The first kappa shape index (κ1) is 31.2. The van der Waals surface area contributed by atoms with Gasteiger partial charge in [0.05, 0.1) is 6.61 Å². The van der Waals surface area contributed by atoms with Gasteiger partial charge in [0.15, 0.2) is 0 Å². The van der Waals surface area contributed by atoms with E-state index in [1.54, 1.807) is 6.92 Å². The molecule has 0 amide bonds. The topological polar surface area (TPSA) is 26.3 Å². The number of ether oxygens (including phenoxy) is 1. The van der Waals surface area contributed by atoms with Crippen LogP contribution >= 0.6 is 0 Å². The lowest BCUT2D eigenvalue weighted by Crippen LogP contribution is -2.15. The van der Waals surface area contributed by atoms with Crippen molar-refractivity contribution in [2.45, 2.75) is 162 Å². The van der Waals surface area contributed by atoms with E-state index in [9.17, 15) is 4.79 Å². The van der Waals surface area contributed by atoms with Crippen molar-refractivity contribution in [3.8, 4) is 0 Å². The van der Waals surface area contributed by atoms with E-state index in [-0.39, 0.29) is 5.97 Å². The summed E-state index contributed by atoms with van der Waals surface area (Å²) in [5.74, 6) is 0.308. The molecule has 0 N–H and O–H groups in total. The van der Waals surface area contributed by atoms with Crippen LogP contribution in [0.1, 0.15) is 162 Å². The van der Waals surface area contributed by atoms with Crippen LogP contribution in [0.5, 0.6) is 0 Å². The van der Waals surface area contributed by atoms with Crippen molar-refractivity contribution in [1.82, 2.24) is 0 Å². The Bertz CT molecular complexity index is 415. The lowest BCUT2D eigenvalue weighted by Gasteiger charge is -2.17. The molecule has 1 atom stereocenters. The Hall–Kier alpha value is -0.790. The van der Waals surface area contributed by atoms with E-state index in [4.69, 9.17) is 4.74 Å². The van der Waals surface area contributed by atoms with Gasteiger partial charge in [-0.15, -0.1) is 0 Å². The minimum absolute atomic E-state index is 0.222. The first-order valence-electron chi connectivity index (χ1n) is 14.4. The smallest absolute Gasteiger partial charge is 0.333 e. The van der Waals surface area contributed by atoms with Crippen molar-refractivity contribution in [2.75, 3.05) is 6.61 Å². The second-order valence-corrected chi connectivity index (χ2v) is 10.2. The highest BCUT2D eigenvalue weighted by Gasteiger charge is 2.12. The van der Waals surface area contributed by atoms with Gasteiger partial charge in [0.1, 0.15) is 0 Å². The highest BCUT2D eigenvalue weighted by atomic mass is 16.5.